The Kier molecular flexibility index (Phi) is 5.45. The zero-order chi connectivity index (χ0) is 15.3. The van der Waals surface area contributed by atoms with Gasteiger partial charge < -0.3 is 20.1 Å². The molecule has 0 aromatic heterocycles. The summed E-state index contributed by atoms with van der Waals surface area (Å²) >= 11 is 0. The smallest absolute Gasteiger partial charge is 0.335 e. The van der Waals surface area contributed by atoms with E-state index in [1.54, 1.807) is 14.0 Å². The first-order valence-electron chi connectivity index (χ1n) is 5.92. The van der Waals surface area contributed by atoms with Gasteiger partial charge in [-0.05, 0) is 25.1 Å². The maximum atomic E-state index is 13.7. The second-order valence-electron chi connectivity index (χ2n) is 4.35. The summed E-state index contributed by atoms with van der Waals surface area (Å²) in [6, 6.07) is 2.61. The summed E-state index contributed by atoms with van der Waals surface area (Å²) in [7, 11) is 3.08. The molecule has 0 radical (unpaired) electrons. The number of carboxylic acids is 1. The van der Waals surface area contributed by atoms with E-state index in [1.807, 2.05) is 0 Å². The molecule has 1 atom stereocenters. The van der Waals surface area contributed by atoms with E-state index >= 15 is 0 Å². The zero-order valence-electron chi connectivity index (χ0n) is 11.5. The lowest BCUT2D eigenvalue weighted by Crippen LogP contribution is -2.40. The van der Waals surface area contributed by atoms with Crippen LogP contribution >= 0.6 is 0 Å². The Bertz CT molecular complexity index is 507. The van der Waals surface area contributed by atoms with Crippen molar-refractivity contribution in [2.45, 2.75) is 13.0 Å². The molecule has 2 amide bonds. The number of benzene rings is 1. The molecule has 0 saturated heterocycles. The lowest BCUT2D eigenvalue weighted by Gasteiger charge is -2.24. The number of anilines is 1. The molecule has 0 aliphatic heterocycles. The van der Waals surface area contributed by atoms with Gasteiger partial charge in [-0.2, -0.15) is 0 Å². The first-order chi connectivity index (χ1) is 9.36. The predicted molar refractivity (Wildman–Crippen MR) is 71.5 cm³/mol. The van der Waals surface area contributed by atoms with Crippen molar-refractivity contribution in [2.24, 2.45) is 0 Å². The van der Waals surface area contributed by atoms with Gasteiger partial charge in [0.25, 0.3) is 0 Å². The summed E-state index contributed by atoms with van der Waals surface area (Å²) in [4.78, 5) is 23.9. The van der Waals surface area contributed by atoms with Crippen molar-refractivity contribution in [3.8, 4) is 0 Å². The van der Waals surface area contributed by atoms with Gasteiger partial charge in [0.1, 0.15) is 5.82 Å². The van der Waals surface area contributed by atoms with E-state index in [-0.39, 0.29) is 17.3 Å². The Morgan fingerprint density at radius 2 is 2.15 bits per heavy atom. The molecule has 1 unspecified atom stereocenters. The lowest BCUT2D eigenvalue weighted by atomic mass is 10.2. The van der Waals surface area contributed by atoms with Gasteiger partial charge in [0.15, 0.2) is 0 Å². The molecular weight excluding hydrogens is 267 g/mol. The predicted octanol–water partition coefficient (Wildman–Crippen LogP) is 2.02. The first-order valence-corrected chi connectivity index (χ1v) is 5.92. The standard InChI is InChI=1S/C13H17FN2O4/c1-8(7-20-3)16(2)13(19)15-11-5-4-9(12(17)18)6-10(11)14/h4-6,8H,7H2,1-3H3,(H,15,19)(H,17,18). The number of likely N-dealkylation sites (N-methyl/N-ethyl adjacent to an activating group) is 1. The third-order valence-electron chi connectivity index (χ3n) is 2.85. The van der Waals surface area contributed by atoms with E-state index in [1.165, 1.54) is 24.1 Å². The normalized spacial score (nSPS) is 11.8. The molecule has 0 saturated carbocycles. The molecular formula is C13H17FN2O4. The van der Waals surface area contributed by atoms with Crippen LogP contribution in [0.4, 0.5) is 14.9 Å². The van der Waals surface area contributed by atoms with E-state index in [4.69, 9.17) is 9.84 Å². The molecule has 0 bridgehead atoms. The van der Waals surface area contributed by atoms with E-state index in [0.717, 1.165) is 6.07 Å². The van der Waals surface area contributed by atoms with E-state index in [0.29, 0.717) is 6.61 Å². The van der Waals surface area contributed by atoms with E-state index < -0.39 is 17.8 Å². The van der Waals surface area contributed by atoms with E-state index in [9.17, 15) is 14.0 Å². The maximum absolute atomic E-state index is 13.7. The third kappa shape index (κ3) is 3.92. The lowest BCUT2D eigenvalue weighted by molar-refractivity contribution is 0.0696. The summed E-state index contributed by atoms with van der Waals surface area (Å²) in [5, 5.41) is 11.1. The topological polar surface area (TPSA) is 78.9 Å². The Morgan fingerprint density at radius 3 is 2.65 bits per heavy atom. The fourth-order valence-electron chi connectivity index (χ4n) is 1.51. The van der Waals surface area contributed by atoms with Gasteiger partial charge >= 0.3 is 12.0 Å². The second-order valence-corrected chi connectivity index (χ2v) is 4.35. The van der Waals surface area contributed by atoms with Crippen LogP contribution in [-0.2, 0) is 4.74 Å². The molecule has 1 rings (SSSR count). The molecule has 0 aliphatic carbocycles. The number of hydrogen-bond acceptors (Lipinski definition) is 3. The SMILES string of the molecule is COCC(C)N(C)C(=O)Nc1ccc(C(=O)O)cc1F. The molecule has 0 heterocycles. The molecule has 2 N–H and O–H groups in total. The number of hydrogen-bond donors (Lipinski definition) is 2. The summed E-state index contributed by atoms with van der Waals surface area (Å²) < 4.78 is 18.6. The average Bonchev–Trinajstić information content (AvgIpc) is 2.40. The summed E-state index contributed by atoms with van der Waals surface area (Å²) in [6.45, 7) is 2.14. The van der Waals surface area contributed by atoms with Crippen LogP contribution < -0.4 is 5.32 Å². The van der Waals surface area contributed by atoms with Gasteiger partial charge in [-0.1, -0.05) is 0 Å². The zero-order valence-corrected chi connectivity index (χ0v) is 11.5. The highest BCUT2D eigenvalue weighted by Gasteiger charge is 2.17. The molecule has 1 aromatic carbocycles. The first kappa shape index (κ1) is 15.9. The van der Waals surface area contributed by atoms with Gasteiger partial charge in [0, 0.05) is 14.2 Å². The van der Waals surface area contributed by atoms with Gasteiger partial charge in [0.05, 0.1) is 23.9 Å². The van der Waals surface area contributed by atoms with Crippen molar-refractivity contribution in [1.29, 1.82) is 0 Å². The van der Waals surface area contributed by atoms with Crippen molar-refractivity contribution in [3.05, 3.63) is 29.6 Å². The third-order valence-corrected chi connectivity index (χ3v) is 2.85. The van der Waals surface area contributed by atoms with Crippen LogP contribution in [0.1, 0.15) is 17.3 Å². The number of ether oxygens (including phenoxy) is 1. The number of carbonyl (C=O) groups is 2. The minimum atomic E-state index is -1.23. The van der Waals surface area contributed by atoms with Crippen molar-refractivity contribution < 1.29 is 23.8 Å². The van der Waals surface area contributed by atoms with Gasteiger partial charge in [-0.3, -0.25) is 0 Å². The van der Waals surface area contributed by atoms with Gasteiger partial charge in [0.2, 0.25) is 0 Å². The van der Waals surface area contributed by atoms with Crippen LogP contribution in [0, 0.1) is 5.82 Å². The minimum Gasteiger partial charge on any atom is -0.478 e. The summed E-state index contributed by atoms with van der Waals surface area (Å²) in [6.07, 6.45) is 0. The Hall–Kier alpha value is -2.15. The molecule has 0 aliphatic rings. The number of aromatic carboxylic acids is 1. The maximum Gasteiger partial charge on any atom is 0.335 e. The highest BCUT2D eigenvalue weighted by Crippen LogP contribution is 2.16. The number of halogens is 1. The van der Waals surface area contributed by atoms with Gasteiger partial charge in [-0.15, -0.1) is 0 Å². The van der Waals surface area contributed by atoms with Gasteiger partial charge in [-0.25, -0.2) is 14.0 Å². The molecule has 7 heteroatoms. The number of nitrogens with zero attached hydrogens (tertiary/aromatic N) is 1. The number of nitrogens with one attached hydrogen (secondary N) is 1. The molecule has 0 fully saturated rings. The Balaban J connectivity index is 2.78. The highest BCUT2D eigenvalue weighted by molar-refractivity contribution is 5.91. The summed E-state index contributed by atoms with van der Waals surface area (Å²) in [5.41, 5.74) is -0.252. The van der Waals surface area contributed by atoms with Crippen LogP contribution in [0.2, 0.25) is 0 Å². The average molecular weight is 284 g/mol. The molecule has 110 valence electrons. The van der Waals surface area contributed by atoms with Crippen molar-refractivity contribution in [1.82, 2.24) is 4.90 Å². The number of urea groups is 1. The summed E-state index contributed by atoms with van der Waals surface area (Å²) in [5.74, 6) is -2.03. The molecule has 1 aromatic rings. The quantitative estimate of drug-likeness (QED) is 0.867. The van der Waals surface area contributed by atoms with Crippen LogP contribution in [0.25, 0.3) is 0 Å². The van der Waals surface area contributed by atoms with Crippen molar-refractivity contribution in [3.63, 3.8) is 0 Å². The molecule has 0 spiro atoms. The Morgan fingerprint density at radius 1 is 1.50 bits per heavy atom. The monoisotopic (exact) mass is 284 g/mol. The van der Waals surface area contributed by atoms with Crippen LogP contribution in [0.3, 0.4) is 0 Å². The van der Waals surface area contributed by atoms with Crippen molar-refractivity contribution >= 4 is 17.7 Å². The Labute approximate surface area is 116 Å². The highest BCUT2D eigenvalue weighted by atomic mass is 19.1. The van der Waals surface area contributed by atoms with Crippen LogP contribution in [0.5, 0.6) is 0 Å². The molecule has 20 heavy (non-hydrogen) atoms. The number of rotatable bonds is 5. The van der Waals surface area contributed by atoms with Crippen molar-refractivity contribution in [2.75, 3.05) is 26.1 Å². The minimum absolute atomic E-state index is 0.0727. The van der Waals surface area contributed by atoms with Crippen LogP contribution in [0.15, 0.2) is 18.2 Å². The second kappa shape index (κ2) is 6.85. The number of amides is 2. The molecule has 6 nitrogen and oxygen atoms in total. The largest absolute Gasteiger partial charge is 0.478 e. The number of carboxylic acid groups (broad SMARTS) is 1. The fraction of sp³-hybridized carbons (Fsp3) is 0.385. The number of methoxy groups -OCH3 is 1. The van der Waals surface area contributed by atoms with E-state index in [2.05, 4.69) is 5.32 Å². The van der Waals surface area contributed by atoms with Crippen LogP contribution in [-0.4, -0.2) is 48.8 Å². The number of carbonyl (C=O) groups excluding carboxylic acids is 1. The fourth-order valence-corrected chi connectivity index (χ4v) is 1.51.